The molecule has 1 fully saturated rings. The minimum absolute atomic E-state index is 0.127. The van der Waals surface area contributed by atoms with Gasteiger partial charge in [-0.1, -0.05) is 30.9 Å². The van der Waals surface area contributed by atoms with Gasteiger partial charge in [0.25, 0.3) is 0 Å². The Bertz CT molecular complexity index is 552. The number of carbonyl (C=O) groups is 1. The van der Waals surface area contributed by atoms with Crippen molar-refractivity contribution in [1.29, 1.82) is 0 Å². The first-order valence-electron chi connectivity index (χ1n) is 6.85. The fraction of sp³-hybridized carbons (Fsp3) is 0.538. The number of amides is 1. The summed E-state index contributed by atoms with van der Waals surface area (Å²) in [6.07, 6.45) is 5.67. The number of nitrogens with two attached hydrogens (primary N) is 1. The topological polar surface area (TPSA) is 111 Å². The molecular weight excluding hydrogens is 296 g/mol. The normalized spacial score (nSPS) is 22.3. The van der Waals surface area contributed by atoms with Crippen LogP contribution in [0.2, 0.25) is 5.02 Å². The van der Waals surface area contributed by atoms with Crippen LogP contribution >= 0.6 is 11.6 Å². The van der Waals surface area contributed by atoms with Gasteiger partial charge < -0.3 is 11.1 Å². The molecular formula is C13H17ClN4O3. The summed E-state index contributed by atoms with van der Waals surface area (Å²) in [7, 11) is 0. The summed E-state index contributed by atoms with van der Waals surface area (Å²) >= 11 is 5.74. The molecule has 2 rings (SSSR count). The van der Waals surface area contributed by atoms with Crippen LogP contribution in [-0.2, 0) is 4.79 Å². The van der Waals surface area contributed by atoms with Crippen molar-refractivity contribution in [2.75, 3.05) is 5.32 Å². The summed E-state index contributed by atoms with van der Waals surface area (Å²) < 4.78 is 0. The van der Waals surface area contributed by atoms with Crippen molar-refractivity contribution in [3.05, 3.63) is 27.4 Å². The van der Waals surface area contributed by atoms with E-state index in [9.17, 15) is 14.9 Å². The Hall–Kier alpha value is -1.89. The summed E-state index contributed by atoms with van der Waals surface area (Å²) in [5.74, 6) is -0.599. The van der Waals surface area contributed by atoms with Crippen LogP contribution in [0.5, 0.6) is 0 Å². The minimum Gasteiger partial charge on any atom is -0.369 e. The lowest BCUT2D eigenvalue weighted by atomic mass is 9.94. The number of hydrogen-bond acceptors (Lipinski definition) is 5. The Labute approximate surface area is 127 Å². The first-order valence-corrected chi connectivity index (χ1v) is 7.22. The standard InChI is InChI=1S/C13H17ClN4O3/c14-8-6-11(18(20)21)13(16-7-8)17-10-5-3-1-2-4-9(10)12(15)19/h6-7,9-10H,1-5H2,(H2,15,19)(H,16,17). The summed E-state index contributed by atoms with van der Waals surface area (Å²) in [5, 5.41) is 14.3. The maximum absolute atomic E-state index is 11.6. The molecule has 1 aromatic rings. The molecule has 1 amide bonds. The van der Waals surface area contributed by atoms with Gasteiger partial charge in [0, 0.05) is 18.3 Å². The predicted octanol–water partition coefficient (Wildman–Crippen LogP) is 2.49. The lowest BCUT2D eigenvalue weighted by molar-refractivity contribution is -0.384. The van der Waals surface area contributed by atoms with Gasteiger partial charge in [0.2, 0.25) is 11.7 Å². The number of hydrogen-bond donors (Lipinski definition) is 2. The number of nitro groups is 1. The van der Waals surface area contributed by atoms with E-state index >= 15 is 0 Å². The number of rotatable bonds is 4. The van der Waals surface area contributed by atoms with E-state index in [2.05, 4.69) is 10.3 Å². The molecule has 2 atom stereocenters. The minimum atomic E-state index is -0.544. The Kier molecular flexibility index (Phi) is 4.95. The Morgan fingerprint density at radius 1 is 1.43 bits per heavy atom. The van der Waals surface area contributed by atoms with Gasteiger partial charge in [-0.05, 0) is 12.8 Å². The second-order valence-corrected chi connectivity index (χ2v) is 5.61. The number of aromatic nitrogens is 1. The molecule has 1 heterocycles. The van der Waals surface area contributed by atoms with Crippen LogP contribution in [0.15, 0.2) is 12.3 Å². The molecule has 0 radical (unpaired) electrons. The third-order valence-electron chi connectivity index (χ3n) is 3.73. The summed E-state index contributed by atoms with van der Waals surface area (Å²) in [5.41, 5.74) is 5.25. The molecule has 7 nitrogen and oxygen atoms in total. The average Bonchev–Trinajstić information content (AvgIpc) is 2.66. The van der Waals surface area contributed by atoms with Gasteiger partial charge >= 0.3 is 5.69 Å². The molecule has 0 saturated heterocycles. The molecule has 0 bridgehead atoms. The highest BCUT2D eigenvalue weighted by atomic mass is 35.5. The zero-order valence-electron chi connectivity index (χ0n) is 11.4. The number of nitrogens with one attached hydrogen (secondary N) is 1. The predicted molar refractivity (Wildman–Crippen MR) is 79.1 cm³/mol. The first-order chi connectivity index (χ1) is 9.99. The van der Waals surface area contributed by atoms with Crippen LogP contribution in [0.4, 0.5) is 11.5 Å². The molecule has 1 aliphatic carbocycles. The summed E-state index contributed by atoms with van der Waals surface area (Å²) in [4.78, 5) is 26.1. The molecule has 3 N–H and O–H groups in total. The number of primary amides is 1. The second kappa shape index (κ2) is 6.71. The third-order valence-corrected chi connectivity index (χ3v) is 3.94. The highest BCUT2D eigenvalue weighted by Crippen LogP contribution is 2.30. The van der Waals surface area contributed by atoms with Crippen molar-refractivity contribution >= 4 is 29.0 Å². The van der Waals surface area contributed by atoms with E-state index in [1.807, 2.05) is 0 Å². The van der Waals surface area contributed by atoms with Crippen LogP contribution in [-0.4, -0.2) is 21.9 Å². The molecule has 8 heteroatoms. The van der Waals surface area contributed by atoms with Gasteiger partial charge in [0.1, 0.15) is 0 Å². The number of halogens is 1. The zero-order valence-corrected chi connectivity index (χ0v) is 12.2. The van der Waals surface area contributed by atoms with Gasteiger partial charge in [-0.2, -0.15) is 0 Å². The average molecular weight is 313 g/mol. The fourth-order valence-electron chi connectivity index (χ4n) is 2.68. The van der Waals surface area contributed by atoms with Crippen molar-refractivity contribution in [2.45, 2.75) is 38.1 Å². The molecule has 1 saturated carbocycles. The van der Waals surface area contributed by atoms with Crippen LogP contribution in [0.25, 0.3) is 0 Å². The molecule has 21 heavy (non-hydrogen) atoms. The van der Waals surface area contributed by atoms with Gasteiger partial charge in [-0.3, -0.25) is 14.9 Å². The van der Waals surface area contributed by atoms with Crippen molar-refractivity contribution in [3.8, 4) is 0 Å². The van der Waals surface area contributed by atoms with Crippen LogP contribution in [0.3, 0.4) is 0 Å². The number of nitrogens with zero attached hydrogens (tertiary/aromatic N) is 2. The third kappa shape index (κ3) is 3.81. The fourth-order valence-corrected chi connectivity index (χ4v) is 2.83. The highest BCUT2D eigenvalue weighted by molar-refractivity contribution is 6.30. The quantitative estimate of drug-likeness (QED) is 0.504. The van der Waals surface area contributed by atoms with E-state index in [0.29, 0.717) is 6.42 Å². The molecule has 0 spiro atoms. The maximum Gasteiger partial charge on any atom is 0.312 e. The Morgan fingerprint density at radius 2 is 2.14 bits per heavy atom. The molecule has 1 aromatic heterocycles. The molecule has 1 aliphatic rings. The Balaban J connectivity index is 2.26. The van der Waals surface area contributed by atoms with E-state index in [1.165, 1.54) is 12.3 Å². The lowest BCUT2D eigenvalue weighted by Crippen LogP contribution is -2.38. The van der Waals surface area contributed by atoms with E-state index in [0.717, 1.165) is 25.7 Å². The number of carbonyl (C=O) groups excluding carboxylic acids is 1. The van der Waals surface area contributed by atoms with E-state index in [-0.39, 0.29) is 34.4 Å². The van der Waals surface area contributed by atoms with Crippen molar-refractivity contribution in [1.82, 2.24) is 4.98 Å². The van der Waals surface area contributed by atoms with Crippen molar-refractivity contribution < 1.29 is 9.72 Å². The Morgan fingerprint density at radius 3 is 2.81 bits per heavy atom. The van der Waals surface area contributed by atoms with Gasteiger partial charge in [-0.15, -0.1) is 0 Å². The smallest absolute Gasteiger partial charge is 0.312 e. The SMILES string of the molecule is NC(=O)C1CCCCCC1Nc1ncc(Cl)cc1[N+](=O)[O-]. The second-order valence-electron chi connectivity index (χ2n) is 5.18. The molecule has 0 aromatic carbocycles. The van der Waals surface area contributed by atoms with Crippen molar-refractivity contribution in [2.24, 2.45) is 11.7 Å². The number of pyridine rings is 1. The maximum atomic E-state index is 11.6. The van der Waals surface area contributed by atoms with Crippen LogP contribution in [0, 0.1) is 16.0 Å². The lowest BCUT2D eigenvalue weighted by Gasteiger charge is -2.23. The highest BCUT2D eigenvalue weighted by Gasteiger charge is 2.30. The summed E-state index contributed by atoms with van der Waals surface area (Å²) in [6.45, 7) is 0. The van der Waals surface area contributed by atoms with Crippen LogP contribution < -0.4 is 11.1 Å². The van der Waals surface area contributed by atoms with Gasteiger partial charge in [0.15, 0.2) is 0 Å². The van der Waals surface area contributed by atoms with E-state index in [4.69, 9.17) is 17.3 Å². The summed E-state index contributed by atoms with van der Waals surface area (Å²) in [6, 6.07) is 1.00. The number of anilines is 1. The monoisotopic (exact) mass is 312 g/mol. The first kappa shape index (κ1) is 15.5. The van der Waals surface area contributed by atoms with Crippen LogP contribution in [0.1, 0.15) is 32.1 Å². The zero-order chi connectivity index (χ0) is 15.4. The van der Waals surface area contributed by atoms with Gasteiger partial charge in [-0.25, -0.2) is 4.98 Å². The molecule has 114 valence electrons. The van der Waals surface area contributed by atoms with E-state index in [1.54, 1.807) is 0 Å². The molecule has 2 unspecified atom stereocenters. The largest absolute Gasteiger partial charge is 0.369 e. The van der Waals surface area contributed by atoms with E-state index < -0.39 is 4.92 Å². The molecule has 0 aliphatic heterocycles. The van der Waals surface area contributed by atoms with Gasteiger partial charge in [0.05, 0.1) is 15.9 Å². The van der Waals surface area contributed by atoms with Crippen molar-refractivity contribution in [3.63, 3.8) is 0 Å².